The van der Waals surface area contributed by atoms with E-state index in [9.17, 15) is 9.90 Å². The molecular formula is C33H27N3O5S. The van der Waals surface area contributed by atoms with Gasteiger partial charge in [0.1, 0.15) is 34.8 Å². The largest absolute Gasteiger partial charge is 0.497 e. The predicted octanol–water partition coefficient (Wildman–Crippen LogP) is 7.33. The summed E-state index contributed by atoms with van der Waals surface area (Å²) < 4.78 is 17.7. The Morgan fingerprint density at radius 3 is 2.31 bits per heavy atom. The standard InChI is InChI=1S/C33H27N3O5S/c1-20-19-21(32(37)38)6-15-26(20)28-16-17-29(41-28)31-30(27-5-3-4-18-34-27)35-33(42)36(31)22-7-9-24(10-8-22)40-25-13-11-23(39-2)12-14-25/h3-19,30-31H,1-2H3,(H,35,42)(H,37,38). The lowest BCUT2D eigenvalue weighted by Gasteiger charge is -2.26. The van der Waals surface area contributed by atoms with Crippen molar-refractivity contribution < 1.29 is 23.8 Å². The van der Waals surface area contributed by atoms with Crippen LogP contribution in [-0.2, 0) is 0 Å². The molecule has 0 aliphatic carbocycles. The first-order chi connectivity index (χ1) is 20.4. The number of benzene rings is 3. The number of aromatic carboxylic acids is 1. The lowest BCUT2D eigenvalue weighted by atomic mass is 10.0. The van der Waals surface area contributed by atoms with Crippen molar-refractivity contribution >= 4 is 29.0 Å². The number of rotatable bonds is 8. The van der Waals surface area contributed by atoms with Crippen LogP contribution < -0.4 is 19.7 Å². The fourth-order valence-corrected chi connectivity index (χ4v) is 5.45. The minimum absolute atomic E-state index is 0.231. The summed E-state index contributed by atoms with van der Waals surface area (Å²) in [6, 6.07) is 29.1. The molecule has 5 aromatic rings. The molecular weight excluding hydrogens is 550 g/mol. The molecule has 0 amide bonds. The first-order valence-electron chi connectivity index (χ1n) is 13.3. The van der Waals surface area contributed by atoms with Gasteiger partial charge in [0.05, 0.1) is 24.4 Å². The zero-order chi connectivity index (χ0) is 29.2. The van der Waals surface area contributed by atoms with Crippen molar-refractivity contribution in [1.82, 2.24) is 10.3 Å². The molecule has 3 heterocycles. The number of carboxylic acid groups (broad SMARTS) is 1. The third-order valence-electron chi connectivity index (χ3n) is 7.17. The van der Waals surface area contributed by atoms with Gasteiger partial charge in [-0.25, -0.2) is 4.79 Å². The number of methoxy groups -OCH3 is 1. The second-order valence-corrected chi connectivity index (χ2v) is 10.2. The van der Waals surface area contributed by atoms with E-state index in [1.165, 1.54) is 0 Å². The molecule has 1 saturated heterocycles. The molecule has 0 bridgehead atoms. The van der Waals surface area contributed by atoms with Gasteiger partial charge in [-0.1, -0.05) is 12.1 Å². The molecule has 2 N–H and O–H groups in total. The Morgan fingerprint density at radius 1 is 0.952 bits per heavy atom. The number of anilines is 1. The maximum Gasteiger partial charge on any atom is 0.335 e. The molecule has 2 atom stereocenters. The monoisotopic (exact) mass is 577 g/mol. The fourth-order valence-electron chi connectivity index (χ4n) is 5.11. The number of aromatic nitrogens is 1. The summed E-state index contributed by atoms with van der Waals surface area (Å²) in [5.74, 6) is 2.50. The number of pyridine rings is 1. The van der Waals surface area contributed by atoms with Gasteiger partial charge in [0.25, 0.3) is 0 Å². The number of carboxylic acids is 1. The minimum atomic E-state index is -0.968. The highest BCUT2D eigenvalue weighted by molar-refractivity contribution is 7.80. The Balaban J connectivity index is 1.33. The van der Waals surface area contributed by atoms with Crippen LogP contribution in [0.15, 0.2) is 108 Å². The summed E-state index contributed by atoms with van der Waals surface area (Å²) in [6.45, 7) is 1.87. The Labute approximate surface area is 248 Å². The predicted molar refractivity (Wildman–Crippen MR) is 163 cm³/mol. The van der Waals surface area contributed by atoms with E-state index >= 15 is 0 Å². The van der Waals surface area contributed by atoms with E-state index in [1.54, 1.807) is 31.5 Å². The highest BCUT2D eigenvalue weighted by Crippen LogP contribution is 2.43. The van der Waals surface area contributed by atoms with Crippen molar-refractivity contribution in [1.29, 1.82) is 0 Å². The van der Waals surface area contributed by atoms with E-state index in [0.717, 1.165) is 28.3 Å². The molecule has 9 heteroatoms. The van der Waals surface area contributed by atoms with Gasteiger partial charge in [-0.15, -0.1) is 0 Å². The smallest absolute Gasteiger partial charge is 0.335 e. The van der Waals surface area contributed by atoms with E-state index < -0.39 is 5.97 Å². The number of nitrogens with one attached hydrogen (secondary N) is 1. The lowest BCUT2D eigenvalue weighted by molar-refractivity contribution is 0.0696. The molecule has 6 rings (SSSR count). The number of ether oxygens (including phenoxy) is 2. The number of hydrogen-bond donors (Lipinski definition) is 2. The van der Waals surface area contributed by atoms with Crippen LogP contribution in [0.4, 0.5) is 5.69 Å². The van der Waals surface area contributed by atoms with Crippen LogP contribution in [0.25, 0.3) is 11.3 Å². The molecule has 1 fully saturated rings. The maximum absolute atomic E-state index is 11.4. The van der Waals surface area contributed by atoms with Crippen molar-refractivity contribution in [2.75, 3.05) is 12.0 Å². The van der Waals surface area contributed by atoms with Crippen LogP contribution in [0.5, 0.6) is 17.2 Å². The van der Waals surface area contributed by atoms with E-state index in [-0.39, 0.29) is 17.6 Å². The Hall–Kier alpha value is -5.15. The van der Waals surface area contributed by atoms with Crippen LogP contribution in [0.2, 0.25) is 0 Å². The Morgan fingerprint density at radius 2 is 1.67 bits per heavy atom. The molecule has 1 aliphatic rings. The van der Waals surface area contributed by atoms with Gasteiger partial charge >= 0.3 is 5.97 Å². The summed E-state index contributed by atoms with van der Waals surface area (Å²) in [4.78, 5) is 18.0. The average molecular weight is 578 g/mol. The van der Waals surface area contributed by atoms with Crippen LogP contribution in [0.1, 0.15) is 39.5 Å². The second kappa shape index (κ2) is 11.4. The quantitative estimate of drug-likeness (QED) is 0.184. The molecule has 42 heavy (non-hydrogen) atoms. The third kappa shape index (κ3) is 5.29. The van der Waals surface area contributed by atoms with E-state index in [1.807, 2.05) is 90.7 Å². The molecule has 0 spiro atoms. The second-order valence-electron chi connectivity index (χ2n) is 9.80. The molecule has 0 radical (unpaired) electrons. The first kappa shape index (κ1) is 27.0. The number of aryl methyl sites for hydroxylation is 1. The van der Waals surface area contributed by atoms with E-state index in [2.05, 4.69) is 10.3 Å². The highest BCUT2D eigenvalue weighted by atomic mass is 32.1. The molecule has 0 saturated carbocycles. The van der Waals surface area contributed by atoms with Gasteiger partial charge in [0.15, 0.2) is 5.11 Å². The number of furan rings is 1. The molecule has 2 unspecified atom stereocenters. The van der Waals surface area contributed by atoms with Crippen LogP contribution in [-0.4, -0.2) is 28.3 Å². The van der Waals surface area contributed by atoms with Crippen LogP contribution in [0.3, 0.4) is 0 Å². The topological polar surface area (TPSA) is 97.1 Å². The van der Waals surface area contributed by atoms with Gasteiger partial charge in [-0.3, -0.25) is 4.98 Å². The summed E-state index contributed by atoms with van der Waals surface area (Å²) >= 11 is 5.84. The number of thiocarbonyl (C=S) groups is 1. The van der Waals surface area contributed by atoms with Crippen molar-refractivity contribution in [3.63, 3.8) is 0 Å². The Bertz CT molecular complexity index is 1740. The lowest BCUT2D eigenvalue weighted by Crippen LogP contribution is -2.29. The van der Waals surface area contributed by atoms with Gasteiger partial charge < -0.3 is 29.2 Å². The summed E-state index contributed by atoms with van der Waals surface area (Å²) in [6.07, 6.45) is 1.76. The average Bonchev–Trinajstić information content (AvgIpc) is 3.63. The van der Waals surface area contributed by atoms with Gasteiger partial charge in [-0.2, -0.15) is 0 Å². The fraction of sp³-hybridized carbons (Fsp3) is 0.121. The van der Waals surface area contributed by atoms with Gasteiger partial charge in [0.2, 0.25) is 0 Å². The van der Waals surface area contributed by atoms with Crippen molar-refractivity contribution in [3.8, 4) is 28.6 Å². The summed E-state index contributed by atoms with van der Waals surface area (Å²) in [7, 11) is 1.63. The molecule has 210 valence electrons. The zero-order valence-corrected chi connectivity index (χ0v) is 23.7. The normalized spacial score (nSPS) is 16.2. The van der Waals surface area contributed by atoms with Crippen molar-refractivity contribution in [2.45, 2.75) is 19.0 Å². The summed E-state index contributed by atoms with van der Waals surface area (Å²) in [5, 5.41) is 13.3. The van der Waals surface area contributed by atoms with Gasteiger partial charge in [-0.05, 0) is 110 Å². The molecule has 2 aromatic heterocycles. The number of carbonyl (C=O) groups is 1. The van der Waals surface area contributed by atoms with Crippen molar-refractivity contribution in [3.05, 3.63) is 126 Å². The maximum atomic E-state index is 11.4. The van der Waals surface area contributed by atoms with Crippen LogP contribution >= 0.6 is 12.2 Å². The van der Waals surface area contributed by atoms with Crippen molar-refractivity contribution in [2.24, 2.45) is 0 Å². The number of nitrogens with zero attached hydrogens (tertiary/aromatic N) is 2. The summed E-state index contributed by atoms with van der Waals surface area (Å²) in [5.41, 5.74) is 3.54. The molecule has 3 aromatic carbocycles. The highest BCUT2D eigenvalue weighted by Gasteiger charge is 2.42. The van der Waals surface area contributed by atoms with E-state index in [0.29, 0.717) is 28.1 Å². The number of hydrogen-bond acceptors (Lipinski definition) is 6. The van der Waals surface area contributed by atoms with E-state index in [4.69, 9.17) is 26.1 Å². The Kier molecular flexibility index (Phi) is 7.33. The van der Waals surface area contributed by atoms with Crippen LogP contribution in [0, 0.1) is 6.92 Å². The zero-order valence-electron chi connectivity index (χ0n) is 22.9. The van der Waals surface area contributed by atoms with Gasteiger partial charge in [0, 0.05) is 17.4 Å². The molecule has 8 nitrogen and oxygen atoms in total. The molecule has 1 aliphatic heterocycles. The minimum Gasteiger partial charge on any atom is -0.497 e. The third-order valence-corrected chi connectivity index (χ3v) is 7.48. The SMILES string of the molecule is COc1ccc(Oc2ccc(N3C(=S)NC(c4ccccn4)C3c3ccc(-c4ccc(C(=O)O)cc4C)o3)cc2)cc1. The first-order valence-corrected chi connectivity index (χ1v) is 13.7.